The maximum Gasteiger partial charge on any atom is 0.137 e. The second-order valence-electron chi connectivity index (χ2n) is 2.23. The molecule has 0 aromatic rings. The van der Waals surface area contributed by atoms with Crippen LogP contribution in [0.15, 0.2) is 0 Å². The van der Waals surface area contributed by atoms with Crippen molar-refractivity contribution in [3.63, 3.8) is 0 Å². The first-order valence-corrected chi connectivity index (χ1v) is 4.08. The summed E-state index contributed by atoms with van der Waals surface area (Å²) < 4.78 is 4.87. The Bertz CT molecular complexity index is 216. The number of aliphatic hydroxyl groups is 1. The van der Waals surface area contributed by atoms with Crippen LogP contribution in [0.5, 0.6) is 0 Å². The number of rotatable bonds is 4. The molecule has 1 atom stereocenters. The molecule has 0 radical (unpaired) electrons. The third-order valence-corrected chi connectivity index (χ3v) is 0.903. The van der Waals surface area contributed by atoms with E-state index in [0.717, 1.165) is 0 Å². The Hall–Kier alpha value is -1.61. The molecule has 0 aliphatic heterocycles. The monoisotopic (exact) mass is 195 g/mol. The molecule has 1 unspecified atom stereocenters. The number of nitriles is 3. The third kappa shape index (κ3) is 22.4. The molecule has 0 saturated carbocycles. The summed E-state index contributed by atoms with van der Waals surface area (Å²) in [5, 5.41) is 31.7. The molecule has 0 aromatic carbocycles. The van der Waals surface area contributed by atoms with Gasteiger partial charge in [0, 0.05) is 0 Å². The Kier molecular flexibility index (Phi) is 14.8. The normalized spacial score (nSPS) is 9.64. The standard InChI is InChI=1S/C6H8N2O.C3H5NO/c7-3-1-5-9-6-2-4-8;1-3(5)2-4/h1-2,5-6H2;3,5H,1H3. The van der Waals surface area contributed by atoms with Gasteiger partial charge in [-0.3, -0.25) is 0 Å². The molecule has 1 N–H and O–H groups in total. The minimum absolute atomic E-state index is 0.408. The minimum atomic E-state index is -0.810. The number of ether oxygens (including phenoxy) is 1. The minimum Gasteiger partial charge on any atom is -0.379 e. The van der Waals surface area contributed by atoms with Crippen LogP contribution >= 0.6 is 0 Å². The SMILES string of the molecule is CC(O)C#N.N#CCCOCCC#N. The fourth-order valence-electron chi connectivity index (χ4n) is 0.338. The molecular formula is C9H13N3O2. The molecule has 0 aliphatic carbocycles. The average Bonchev–Trinajstić information content (AvgIpc) is 2.19. The van der Waals surface area contributed by atoms with Gasteiger partial charge in [-0.1, -0.05) is 0 Å². The Morgan fingerprint density at radius 3 is 1.71 bits per heavy atom. The topological polar surface area (TPSA) is 101 Å². The van der Waals surface area contributed by atoms with Crippen LogP contribution in [-0.2, 0) is 4.74 Å². The number of nitrogens with zero attached hydrogens (tertiary/aromatic N) is 3. The highest BCUT2D eigenvalue weighted by atomic mass is 16.5. The van der Waals surface area contributed by atoms with Crippen molar-refractivity contribution in [3.05, 3.63) is 0 Å². The maximum absolute atomic E-state index is 8.03. The second-order valence-corrected chi connectivity index (χ2v) is 2.23. The van der Waals surface area contributed by atoms with Crippen molar-refractivity contribution in [1.82, 2.24) is 0 Å². The molecule has 0 aromatic heterocycles. The molecule has 0 aliphatic rings. The zero-order chi connectivity index (χ0) is 11.2. The fraction of sp³-hybridized carbons (Fsp3) is 0.667. The summed E-state index contributed by atoms with van der Waals surface area (Å²) in [6.07, 6.45) is 0.00614. The zero-order valence-electron chi connectivity index (χ0n) is 8.10. The van der Waals surface area contributed by atoms with E-state index >= 15 is 0 Å². The van der Waals surface area contributed by atoms with Gasteiger partial charge in [0.25, 0.3) is 0 Å². The van der Waals surface area contributed by atoms with Crippen LogP contribution in [0.3, 0.4) is 0 Å². The van der Waals surface area contributed by atoms with E-state index in [4.69, 9.17) is 25.6 Å². The number of hydrogen-bond donors (Lipinski definition) is 1. The van der Waals surface area contributed by atoms with Crippen molar-refractivity contribution in [3.8, 4) is 18.2 Å². The Morgan fingerprint density at radius 1 is 1.14 bits per heavy atom. The zero-order valence-corrected chi connectivity index (χ0v) is 8.10. The van der Waals surface area contributed by atoms with Crippen LogP contribution in [-0.4, -0.2) is 24.4 Å². The second kappa shape index (κ2) is 13.9. The van der Waals surface area contributed by atoms with Gasteiger partial charge in [-0.25, -0.2) is 0 Å². The van der Waals surface area contributed by atoms with Crippen molar-refractivity contribution in [2.75, 3.05) is 13.2 Å². The first-order valence-electron chi connectivity index (χ1n) is 4.08. The van der Waals surface area contributed by atoms with Crippen molar-refractivity contribution < 1.29 is 9.84 Å². The molecule has 0 bridgehead atoms. The lowest BCUT2D eigenvalue weighted by molar-refractivity contribution is 0.145. The van der Waals surface area contributed by atoms with Crippen molar-refractivity contribution in [1.29, 1.82) is 15.8 Å². The molecule has 0 amide bonds. The summed E-state index contributed by atoms with van der Waals surface area (Å²) in [5.41, 5.74) is 0. The van der Waals surface area contributed by atoms with Gasteiger partial charge in [0.2, 0.25) is 0 Å². The predicted octanol–water partition coefficient (Wildman–Crippen LogP) is 0.721. The summed E-state index contributed by atoms with van der Waals surface area (Å²) in [6, 6.07) is 5.46. The number of hydrogen-bond acceptors (Lipinski definition) is 5. The summed E-state index contributed by atoms with van der Waals surface area (Å²) in [7, 11) is 0. The number of aliphatic hydroxyl groups excluding tert-OH is 1. The third-order valence-electron chi connectivity index (χ3n) is 0.903. The van der Waals surface area contributed by atoms with Crippen molar-refractivity contribution >= 4 is 0 Å². The van der Waals surface area contributed by atoms with Crippen LogP contribution in [0.1, 0.15) is 19.8 Å². The van der Waals surface area contributed by atoms with Gasteiger partial charge < -0.3 is 9.84 Å². The van der Waals surface area contributed by atoms with Gasteiger partial charge >= 0.3 is 0 Å². The van der Waals surface area contributed by atoms with Crippen LogP contribution in [0, 0.1) is 34.0 Å². The average molecular weight is 195 g/mol. The molecule has 0 fully saturated rings. The highest BCUT2D eigenvalue weighted by molar-refractivity contribution is 4.75. The van der Waals surface area contributed by atoms with Gasteiger partial charge in [0.05, 0.1) is 44.3 Å². The van der Waals surface area contributed by atoms with E-state index in [9.17, 15) is 0 Å². The quantitative estimate of drug-likeness (QED) is 0.526. The molecule has 0 rings (SSSR count). The van der Waals surface area contributed by atoms with E-state index in [0.29, 0.717) is 26.1 Å². The van der Waals surface area contributed by atoms with E-state index in [2.05, 4.69) is 0 Å². The van der Waals surface area contributed by atoms with Crippen LogP contribution in [0.2, 0.25) is 0 Å². The lowest BCUT2D eigenvalue weighted by atomic mass is 10.5. The van der Waals surface area contributed by atoms with Gasteiger partial charge in [-0.2, -0.15) is 15.8 Å². The van der Waals surface area contributed by atoms with Gasteiger partial charge in [-0.15, -0.1) is 0 Å². The van der Waals surface area contributed by atoms with Crippen molar-refractivity contribution in [2.24, 2.45) is 0 Å². The highest BCUT2D eigenvalue weighted by Gasteiger charge is 1.84. The molecular weight excluding hydrogens is 182 g/mol. The van der Waals surface area contributed by atoms with E-state index in [-0.39, 0.29) is 0 Å². The van der Waals surface area contributed by atoms with Gasteiger partial charge in [0.1, 0.15) is 6.10 Å². The van der Waals surface area contributed by atoms with E-state index < -0.39 is 6.10 Å². The first kappa shape index (κ1) is 14.9. The molecule has 0 heterocycles. The van der Waals surface area contributed by atoms with E-state index in [1.807, 2.05) is 12.1 Å². The summed E-state index contributed by atoms with van der Waals surface area (Å²) in [4.78, 5) is 0. The Morgan fingerprint density at radius 2 is 1.50 bits per heavy atom. The lowest BCUT2D eigenvalue weighted by Crippen LogP contribution is -1.93. The molecule has 0 spiro atoms. The van der Waals surface area contributed by atoms with Gasteiger partial charge in [-0.05, 0) is 6.92 Å². The van der Waals surface area contributed by atoms with Crippen LogP contribution in [0.4, 0.5) is 0 Å². The fourth-order valence-corrected chi connectivity index (χ4v) is 0.338. The Labute approximate surface area is 83.8 Å². The lowest BCUT2D eigenvalue weighted by Gasteiger charge is -1.93. The maximum atomic E-state index is 8.03. The van der Waals surface area contributed by atoms with Crippen LogP contribution in [0.25, 0.3) is 0 Å². The Balaban J connectivity index is 0. The van der Waals surface area contributed by atoms with Crippen molar-refractivity contribution in [2.45, 2.75) is 25.9 Å². The summed E-state index contributed by atoms with van der Waals surface area (Å²) in [6.45, 7) is 2.30. The molecule has 5 heteroatoms. The highest BCUT2D eigenvalue weighted by Crippen LogP contribution is 1.82. The largest absolute Gasteiger partial charge is 0.379 e. The molecule has 0 saturated heterocycles. The molecule has 76 valence electrons. The van der Waals surface area contributed by atoms with E-state index in [1.54, 1.807) is 6.07 Å². The van der Waals surface area contributed by atoms with E-state index in [1.165, 1.54) is 6.92 Å². The summed E-state index contributed by atoms with van der Waals surface area (Å²) in [5.74, 6) is 0. The molecule has 5 nitrogen and oxygen atoms in total. The predicted molar refractivity (Wildman–Crippen MR) is 48.6 cm³/mol. The first-order chi connectivity index (χ1) is 6.68. The van der Waals surface area contributed by atoms with Gasteiger partial charge in [0.15, 0.2) is 0 Å². The van der Waals surface area contributed by atoms with Crippen LogP contribution < -0.4 is 0 Å². The smallest absolute Gasteiger partial charge is 0.137 e. The molecule has 14 heavy (non-hydrogen) atoms. The summed E-state index contributed by atoms with van der Waals surface area (Å²) >= 11 is 0.